The number of nitrogens with zero attached hydrogens (tertiary/aromatic N) is 1. The van der Waals surface area contributed by atoms with Gasteiger partial charge in [-0.3, -0.25) is 4.90 Å². The van der Waals surface area contributed by atoms with E-state index < -0.39 is 0 Å². The van der Waals surface area contributed by atoms with Crippen LogP contribution in [-0.2, 0) is 0 Å². The Morgan fingerprint density at radius 2 is 2.05 bits per heavy atom. The second-order valence-corrected chi connectivity index (χ2v) is 7.39. The van der Waals surface area contributed by atoms with Crippen LogP contribution >= 0.6 is 22.9 Å². The molecule has 1 aromatic rings. The highest BCUT2D eigenvalue weighted by Crippen LogP contribution is 2.35. The molecule has 19 heavy (non-hydrogen) atoms. The molecule has 0 spiro atoms. The van der Waals surface area contributed by atoms with Gasteiger partial charge in [-0.1, -0.05) is 24.9 Å². The molecule has 1 atom stereocenters. The Morgan fingerprint density at radius 1 is 1.37 bits per heavy atom. The van der Waals surface area contributed by atoms with Crippen molar-refractivity contribution in [3.8, 4) is 0 Å². The summed E-state index contributed by atoms with van der Waals surface area (Å²) in [5, 5.41) is 0. The number of hydrogen-bond donors (Lipinski definition) is 1. The van der Waals surface area contributed by atoms with Gasteiger partial charge in [-0.25, -0.2) is 0 Å². The highest BCUT2D eigenvalue weighted by Gasteiger charge is 2.28. The van der Waals surface area contributed by atoms with Crippen LogP contribution in [0.3, 0.4) is 0 Å². The van der Waals surface area contributed by atoms with Gasteiger partial charge in [0.25, 0.3) is 0 Å². The van der Waals surface area contributed by atoms with Gasteiger partial charge in [0.2, 0.25) is 0 Å². The number of rotatable bonds is 5. The predicted octanol–water partition coefficient (Wildman–Crippen LogP) is 4.30. The molecule has 1 unspecified atom stereocenters. The molecule has 1 heterocycles. The van der Waals surface area contributed by atoms with E-state index in [1.165, 1.54) is 37.0 Å². The third kappa shape index (κ3) is 3.72. The van der Waals surface area contributed by atoms with Gasteiger partial charge in [0.15, 0.2) is 0 Å². The second-order valence-electron chi connectivity index (χ2n) is 5.64. The molecule has 0 amide bonds. The first-order valence-corrected chi connectivity index (χ1v) is 8.52. The van der Waals surface area contributed by atoms with Crippen molar-refractivity contribution in [1.82, 2.24) is 4.90 Å². The molecule has 0 aromatic carbocycles. The van der Waals surface area contributed by atoms with E-state index in [4.69, 9.17) is 17.3 Å². The average Bonchev–Trinajstić information content (AvgIpc) is 2.86. The van der Waals surface area contributed by atoms with Crippen LogP contribution in [0, 0.1) is 5.92 Å². The maximum absolute atomic E-state index is 6.05. The Kier molecular flexibility index (Phi) is 5.70. The molecule has 0 saturated heterocycles. The molecule has 0 bridgehead atoms. The van der Waals surface area contributed by atoms with E-state index in [2.05, 4.69) is 24.9 Å². The van der Waals surface area contributed by atoms with Crippen molar-refractivity contribution in [3.63, 3.8) is 0 Å². The lowest BCUT2D eigenvalue weighted by Gasteiger charge is -2.38. The van der Waals surface area contributed by atoms with Gasteiger partial charge in [-0.05, 0) is 50.8 Å². The maximum atomic E-state index is 6.05. The van der Waals surface area contributed by atoms with E-state index in [-0.39, 0.29) is 0 Å². The van der Waals surface area contributed by atoms with Gasteiger partial charge in [-0.15, -0.1) is 11.3 Å². The molecular weight excluding hydrogens is 276 g/mol. The van der Waals surface area contributed by atoms with Crippen LogP contribution in [0.15, 0.2) is 12.1 Å². The topological polar surface area (TPSA) is 29.3 Å². The molecule has 108 valence electrons. The lowest BCUT2D eigenvalue weighted by Crippen LogP contribution is -2.40. The van der Waals surface area contributed by atoms with Gasteiger partial charge in [0.1, 0.15) is 0 Å². The molecule has 2 N–H and O–H groups in total. The Balaban J connectivity index is 1.99. The summed E-state index contributed by atoms with van der Waals surface area (Å²) in [6.45, 7) is 2.98. The first kappa shape index (κ1) is 15.3. The smallest absolute Gasteiger partial charge is 0.0931 e. The van der Waals surface area contributed by atoms with Crippen molar-refractivity contribution in [2.45, 2.75) is 51.1 Å². The highest BCUT2D eigenvalue weighted by atomic mass is 35.5. The summed E-state index contributed by atoms with van der Waals surface area (Å²) < 4.78 is 0.858. The van der Waals surface area contributed by atoms with Crippen LogP contribution in [0.1, 0.15) is 49.9 Å². The Bertz CT molecular complexity index is 385. The van der Waals surface area contributed by atoms with Crippen LogP contribution in [0.25, 0.3) is 0 Å². The summed E-state index contributed by atoms with van der Waals surface area (Å²) in [7, 11) is 2.22. The Hall–Kier alpha value is -0.0900. The second kappa shape index (κ2) is 7.07. The van der Waals surface area contributed by atoms with Crippen molar-refractivity contribution in [2.75, 3.05) is 13.6 Å². The van der Waals surface area contributed by atoms with Crippen molar-refractivity contribution in [1.29, 1.82) is 0 Å². The Labute approximate surface area is 125 Å². The number of halogens is 1. The minimum Gasteiger partial charge on any atom is -0.329 e. The first-order valence-electron chi connectivity index (χ1n) is 7.33. The lowest BCUT2D eigenvalue weighted by molar-refractivity contribution is 0.123. The molecule has 1 saturated carbocycles. The van der Waals surface area contributed by atoms with Crippen LogP contribution in [0.2, 0.25) is 4.34 Å². The summed E-state index contributed by atoms with van der Waals surface area (Å²) >= 11 is 7.71. The molecule has 1 aliphatic carbocycles. The van der Waals surface area contributed by atoms with Gasteiger partial charge in [0, 0.05) is 17.5 Å². The van der Waals surface area contributed by atoms with E-state index in [9.17, 15) is 0 Å². The zero-order valence-electron chi connectivity index (χ0n) is 11.9. The first-order chi connectivity index (χ1) is 9.15. The molecule has 0 aliphatic heterocycles. The summed E-state index contributed by atoms with van der Waals surface area (Å²) in [5.74, 6) is 0.942. The largest absolute Gasteiger partial charge is 0.329 e. The normalized spacial score (nSPS) is 25.7. The average molecular weight is 301 g/mol. The molecule has 2 rings (SSSR count). The molecule has 0 radical (unpaired) electrons. The van der Waals surface area contributed by atoms with Crippen LogP contribution in [0.5, 0.6) is 0 Å². The fourth-order valence-electron chi connectivity index (χ4n) is 3.21. The fraction of sp³-hybridized carbons (Fsp3) is 0.733. The molecule has 4 heteroatoms. The minimum absolute atomic E-state index is 0.320. The van der Waals surface area contributed by atoms with Crippen LogP contribution < -0.4 is 5.73 Å². The fourth-order valence-corrected chi connectivity index (χ4v) is 4.43. The zero-order chi connectivity index (χ0) is 13.8. The van der Waals surface area contributed by atoms with Crippen molar-refractivity contribution < 1.29 is 0 Å². The quantitative estimate of drug-likeness (QED) is 0.878. The number of likely N-dealkylation sites (N-methyl/N-ethyl adjacent to an activating group) is 1. The standard InChI is InChI=1S/C15H25ClN2S/c1-3-11-4-6-12(7-5-11)18(2)13(10-17)14-8-9-15(16)19-14/h8-9,11-13H,3-7,10,17H2,1-2H3. The van der Waals surface area contributed by atoms with E-state index in [0.717, 1.165) is 10.3 Å². The van der Waals surface area contributed by atoms with E-state index in [1.54, 1.807) is 11.3 Å². The summed E-state index contributed by atoms with van der Waals surface area (Å²) in [6.07, 6.45) is 6.69. The SMILES string of the molecule is CCC1CCC(N(C)C(CN)c2ccc(Cl)s2)CC1. The van der Waals surface area contributed by atoms with Crippen molar-refractivity contribution >= 4 is 22.9 Å². The summed E-state index contributed by atoms with van der Waals surface area (Å²) in [5.41, 5.74) is 6.00. The molecule has 1 aromatic heterocycles. The van der Waals surface area contributed by atoms with Crippen LogP contribution in [-0.4, -0.2) is 24.5 Å². The predicted molar refractivity (Wildman–Crippen MR) is 84.9 cm³/mol. The van der Waals surface area contributed by atoms with Gasteiger partial charge < -0.3 is 5.73 Å². The van der Waals surface area contributed by atoms with E-state index in [0.29, 0.717) is 18.6 Å². The minimum atomic E-state index is 0.320. The number of thiophene rings is 1. The monoisotopic (exact) mass is 300 g/mol. The van der Waals surface area contributed by atoms with Gasteiger partial charge >= 0.3 is 0 Å². The summed E-state index contributed by atoms with van der Waals surface area (Å²) in [6, 6.07) is 5.10. The van der Waals surface area contributed by atoms with Crippen LogP contribution in [0.4, 0.5) is 0 Å². The number of hydrogen-bond acceptors (Lipinski definition) is 3. The van der Waals surface area contributed by atoms with E-state index >= 15 is 0 Å². The molecule has 1 fully saturated rings. The molecule has 1 aliphatic rings. The third-order valence-electron chi connectivity index (χ3n) is 4.61. The lowest BCUT2D eigenvalue weighted by atomic mass is 9.83. The van der Waals surface area contributed by atoms with E-state index in [1.807, 2.05) is 6.07 Å². The number of nitrogens with two attached hydrogens (primary N) is 1. The summed E-state index contributed by atoms with van der Waals surface area (Å²) in [4.78, 5) is 3.78. The van der Waals surface area contributed by atoms with Gasteiger partial charge in [0.05, 0.1) is 10.4 Å². The van der Waals surface area contributed by atoms with Gasteiger partial charge in [-0.2, -0.15) is 0 Å². The Morgan fingerprint density at radius 3 is 2.53 bits per heavy atom. The van der Waals surface area contributed by atoms with Crippen molar-refractivity contribution in [3.05, 3.63) is 21.3 Å². The molecule has 2 nitrogen and oxygen atoms in total. The molecular formula is C15H25ClN2S. The maximum Gasteiger partial charge on any atom is 0.0931 e. The third-order valence-corrected chi connectivity index (χ3v) is 5.94. The zero-order valence-corrected chi connectivity index (χ0v) is 13.5. The highest BCUT2D eigenvalue weighted by molar-refractivity contribution is 7.16. The van der Waals surface area contributed by atoms with Crippen molar-refractivity contribution in [2.24, 2.45) is 11.7 Å².